The number of nitrogens with zero attached hydrogens (tertiary/aromatic N) is 2. The van der Waals surface area contributed by atoms with E-state index in [-0.39, 0.29) is 82.9 Å². The van der Waals surface area contributed by atoms with Crippen molar-refractivity contribution in [2.24, 2.45) is 28.8 Å². The van der Waals surface area contributed by atoms with Gasteiger partial charge in [-0.3, -0.25) is 4.79 Å². The lowest BCUT2D eigenvalue weighted by molar-refractivity contribution is -0.258. The molecule has 2 amide bonds. The molecule has 62 heavy (non-hydrogen) atoms. The van der Waals surface area contributed by atoms with E-state index in [1.54, 1.807) is 12.1 Å². The SMILES string of the molecule is C=CCOC12Oc3ccc(OC(=O)NCC)cc3C3C(CCCCO)C(CCCCO)C=C(C(=NOCc4ccccc4)CC1N(CCOCCO)C(=O)CCC1CCCC1)C32. The van der Waals surface area contributed by atoms with Crippen molar-refractivity contribution in [2.45, 2.75) is 115 Å². The molecule has 6 unspecified atom stereocenters. The average Bonchev–Trinajstić information content (AvgIpc) is 3.81. The number of aliphatic hydroxyl groups is 3. The quantitative estimate of drug-likeness (QED) is 0.0448. The minimum Gasteiger partial charge on any atom is -0.459 e. The van der Waals surface area contributed by atoms with Gasteiger partial charge in [0.1, 0.15) is 24.1 Å². The number of fused-ring (bicyclic) bond motifs is 2. The number of allylic oxidation sites excluding steroid dienone is 1. The van der Waals surface area contributed by atoms with Gasteiger partial charge in [-0.1, -0.05) is 86.2 Å². The van der Waals surface area contributed by atoms with Gasteiger partial charge in [0.15, 0.2) is 0 Å². The lowest BCUT2D eigenvalue weighted by Gasteiger charge is -2.60. The van der Waals surface area contributed by atoms with E-state index in [1.807, 2.05) is 54.3 Å². The summed E-state index contributed by atoms with van der Waals surface area (Å²) in [5.41, 5.74) is 3.45. The monoisotopic (exact) mass is 859 g/mol. The average molecular weight is 860 g/mol. The Labute approximate surface area is 367 Å². The fourth-order valence-electron chi connectivity index (χ4n) is 10.3. The van der Waals surface area contributed by atoms with Crippen molar-refractivity contribution in [3.05, 3.63) is 84.0 Å². The van der Waals surface area contributed by atoms with Gasteiger partial charge >= 0.3 is 6.09 Å². The van der Waals surface area contributed by atoms with Gasteiger partial charge in [0, 0.05) is 50.6 Å². The molecule has 0 aromatic heterocycles. The van der Waals surface area contributed by atoms with Crippen LogP contribution < -0.4 is 14.8 Å². The first-order valence-corrected chi connectivity index (χ1v) is 23.0. The van der Waals surface area contributed by atoms with Gasteiger partial charge in [0.05, 0.1) is 38.1 Å². The molecule has 2 saturated carbocycles. The van der Waals surface area contributed by atoms with Crippen LogP contribution in [0.15, 0.2) is 78.0 Å². The van der Waals surface area contributed by atoms with Gasteiger partial charge in [0.2, 0.25) is 11.7 Å². The maximum absolute atomic E-state index is 14.9. The van der Waals surface area contributed by atoms with E-state index in [0.717, 1.165) is 61.6 Å². The lowest BCUT2D eigenvalue weighted by Crippen LogP contribution is -2.70. The van der Waals surface area contributed by atoms with E-state index < -0.39 is 23.8 Å². The van der Waals surface area contributed by atoms with E-state index in [9.17, 15) is 24.9 Å². The highest BCUT2D eigenvalue weighted by Crippen LogP contribution is 2.62. The van der Waals surface area contributed by atoms with Crippen LogP contribution in [0.5, 0.6) is 11.5 Å². The summed E-state index contributed by atoms with van der Waals surface area (Å²) >= 11 is 0. The van der Waals surface area contributed by atoms with Crippen molar-refractivity contribution in [3.63, 3.8) is 0 Å². The molecule has 0 radical (unpaired) electrons. The van der Waals surface area contributed by atoms with E-state index >= 15 is 0 Å². The molecule has 13 nitrogen and oxygen atoms in total. The number of carbonyl (C=O) groups excluding carboxylic acids is 2. The zero-order valence-electron chi connectivity index (χ0n) is 36.6. The van der Waals surface area contributed by atoms with Gasteiger partial charge in [-0.05, 0) is 86.1 Å². The number of carbonyl (C=O) groups is 2. The summed E-state index contributed by atoms with van der Waals surface area (Å²) in [6.45, 7) is 7.27. The first-order chi connectivity index (χ1) is 30.4. The maximum Gasteiger partial charge on any atom is 0.412 e. The predicted octanol–water partition coefficient (Wildman–Crippen LogP) is 7.44. The van der Waals surface area contributed by atoms with Crippen LogP contribution in [0, 0.1) is 23.7 Å². The third kappa shape index (κ3) is 11.6. The van der Waals surface area contributed by atoms with Crippen molar-refractivity contribution in [2.75, 3.05) is 52.7 Å². The highest BCUT2D eigenvalue weighted by atomic mass is 16.7. The number of unbranched alkanes of at least 4 members (excludes halogenated alkanes) is 2. The molecule has 0 bridgehead atoms. The van der Waals surface area contributed by atoms with Crippen LogP contribution in [-0.2, 0) is 25.7 Å². The van der Waals surface area contributed by atoms with Crippen LogP contribution in [0.2, 0.25) is 0 Å². The summed E-state index contributed by atoms with van der Waals surface area (Å²) < 4.78 is 26.1. The van der Waals surface area contributed by atoms with Crippen LogP contribution in [0.25, 0.3) is 0 Å². The Balaban J connectivity index is 1.55. The number of amides is 2. The summed E-state index contributed by atoms with van der Waals surface area (Å²) in [4.78, 5) is 35.8. The second kappa shape index (κ2) is 24.0. The lowest BCUT2D eigenvalue weighted by atomic mass is 9.55. The first-order valence-electron chi connectivity index (χ1n) is 23.0. The van der Waals surface area contributed by atoms with Gasteiger partial charge < -0.3 is 49.3 Å². The van der Waals surface area contributed by atoms with Crippen LogP contribution in [0.1, 0.15) is 107 Å². The number of aliphatic hydroxyl groups excluding tert-OH is 3. The third-order valence-electron chi connectivity index (χ3n) is 13.1. The molecule has 13 heteroatoms. The molecule has 1 aliphatic heterocycles. The van der Waals surface area contributed by atoms with E-state index in [1.165, 1.54) is 12.8 Å². The molecule has 0 saturated heterocycles. The summed E-state index contributed by atoms with van der Waals surface area (Å²) in [5.74, 6) is -0.747. The molecular formula is C49H69N3O10. The smallest absolute Gasteiger partial charge is 0.412 e. The summed E-state index contributed by atoms with van der Waals surface area (Å²) in [5, 5.41) is 37.1. The number of oxime groups is 1. The highest BCUT2D eigenvalue weighted by molar-refractivity contribution is 6.03. The normalized spacial score (nSPS) is 24.7. The van der Waals surface area contributed by atoms with Crippen molar-refractivity contribution < 1.29 is 48.7 Å². The Morgan fingerprint density at radius 2 is 1.76 bits per heavy atom. The van der Waals surface area contributed by atoms with Crippen LogP contribution in [-0.4, -0.2) is 102 Å². The molecule has 3 aliphatic carbocycles. The van der Waals surface area contributed by atoms with E-state index in [4.69, 9.17) is 28.9 Å². The summed E-state index contributed by atoms with van der Waals surface area (Å²) in [7, 11) is 0. The highest BCUT2D eigenvalue weighted by Gasteiger charge is 2.65. The summed E-state index contributed by atoms with van der Waals surface area (Å²) in [6.07, 6.45) is 13.9. The molecule has 6 rings (SSSR count). The maximum atomic E-state index is 14.9. The second-order valence-corrected chi connectivity index (χ2v) is 17.1. The zero-order chi connectivity index (χ0) is 43.7. The molecule has 1 heterocycles. The van der Waals surface area contributed by atoms with Crippen molar-refractivity contribution in [3.8, 4) is 11.5 Å². The largest absolute Gasteiger partial charge is 0.459 e. The molecule has 2 aromatic carbocycles. The van der Waals surface area contributed by atoms with E-state index in [0.29, 0.717) is 48.9 Å². The van der Waals surface area contributed by atoms with Crippen LogP contribution >= 0.6 is 0 Å². The number of hydrogen-bond donors (Lipinski definition) is 4. The second-order valence-electron chi connectivity index (χ2n) is 17.1. The Kier molecular flexibility index (Phi) is 18.3. The predicted molar refractivity (Wildman–Crippen MR) is 237 cm³/mol. The van der Waals surface area contributed by atoms with Crippen LogP contribution in [0.3, 0.4) is 0 Å². The topological polar surface area (TPSA) is 169 Å². The summed E-state index contributed by atoms with van der Waals surface area (Å²) in [6, 6.07) is 14.6. The molecule has 340 valence electrons. The van der Waals surface area contributed by atoms with Gasteiger partial charge in [0.25, 0.3) is 0 Å². The van der Waals surface area contributed by atoms with E-state index in [2.05, 4.69) is 18.0 Å². The number of benzene rings is 2. The molecular weight excluding hydrogens is 791 g/mol. The third-order valence-corrected chi connectivity index (χ3v) is 13.1. The van der Waals surface area contributed by atoms with Crippen molar-refractivity contribution >= 4 is 17.7 Å². The molecule has 4 aliphatic rings. The Bertz CT molecular complexity index is 1800. The molecule has 2 aromatic rings. The van der Waals surface area contributed by atoms with Crippen LogP contribution in [0.4, 0.5) is 4.79 Å². The minimum absolute atomic E-state index is 0.00714. The molecule has 4 N–H and O–H groups in total. The number of hydrogen-bond acceptors (Lipinski definition) is 11. The molecule has 6 atom stereocenters. The molecule has 0 spiro atoms. The minimum atomic E-state index is -1.43. The number of nitrogens with one attached hydrogen (secondary N) is 1. The first kappa shape index (κ1) is 47.2. The molecule has 2 fully saturated rings. The standard InChI is InChI=1S/C49H69N3O10/c1-3-28-59-49-44(52(24-29-58-30-27-55)45(56)23-20-35-14-8-9-15-35)33-42(51-60-34-36-16-6-5-7-17-36)40-31-37(18-10-12-25-53)39(19-11-13-26-54)46(47(40)49)41-32-38(21-22-43(41)62-49)61-48(57)50-4-2/h3,5-7,16-17,21-22,31-32,35,37,39,44,46-47,53-55H,1,4,8-15,18-20,23-30,33-34H2,2H3,(H,50,57). The fraction of sp³-hybridized carbons (Fsp3) is 0.612. The zero-order valence-corrected chi connectivity index (χ0v) is 36.6. The number of rotatable bonds is 25. The van der Waals surface area contributed by atoms with Gasteiger partial charge in [-0.25, -0.2) is 4.79 Å². The van der Waals surface area contributed by atoms with Crippen molar-refractivity contribution in [1.29, 1.82) is 0 Å². The van der Waals surface area contributed by atoms with Crippen molar-refractivity contribution in [1.82, 2.24) is 10.2 Å². The number of ether oxygens (including phenoxy) is 4. The fourth-order valence-corrected chi connectivity index (χ4v) is 10.3. The Morgan fingerprint density at radius 1 is 0.984 bits per heavy atom. The van der Waals surface area contributed by atoms with Gasteiger partial charge in [-0.15, -0.1) is 6.58 Å². The Morgan fingerprint density at radius 3 is 2.48 bits per heavy atom. The Hall–Kier alpha value is -4.27. The van der Waals surface area contributed by atoms with Gasteiger partial charge in [-0.2, -0.15) is 0 Å².